The van der Waals surface area contributed by atoms with Crippen molar-refractivity contribution < 1.29 is 18.3 Å². The molecule has 1 aromatic rings. The van der Waals surface area contributed by atoms with Crippen LogP contribution in [-0.4, -0.2) is 12.7 Å². The van der Waals surface area contributed by atoms with Crippen molar-refractivity contribution in [2.45, 2.75) is 26.2 Å². The third kappa shape index (κ3) is 6.02. The topological polar surface area (TPSA) is 38.3 Å². The van der Waals surface area contributed by atoms with Gasteiger partial charge in [0.15, 0.2) is 0 Å². The number of amides is 1. The van der Waals surface area contributed by atoms with E-state index in [-0.39, 0.29) is 12.2 Å². The molecule has 3 nitrogen and oxygen atoms in total. The van der Waals surface area contributed by atoms with Crippen LogP contribution in [0.15, 0.2) is 35.9 Å². The minimum Gasteiger partial charge on any atom is -0.449 e. The lowest BCUT2D eigenvalue weighted by atomic mass is 10.1. The fourth-order valence-electron chi connectivity index (χ4n) is 1.46. The van der Waals surface area contributed by atoms with Crippen molar-refractivity contribution in [3.05, 3.63) is 40.9 Å². The molecule has 0 aliphatic rings. The summed E-state index contributed by atoms with van der Waals surface area (Å²) in [7, 11) is 0. The quantitative estimate of drug-likeness (QED) is 0.731. The van der Waals surface area contributed by atoms with Crippen molar-refractivity contribution in [3.8, 4) is 0 Å². The van der Waals surface area contributed by atoms with Crippen LogP contribution in [0.5, 0.6) is 0 Å². The van der Waals surface area contributed by atoms with Crippen LogP contribution in [0.3, 0.4) is 0 Å². The first kappa shape index (κ1) is 16.4. The Labute approximate surface area is 121 Å². The summed E-state index contributed by atoms with van der Waals surface area (Å²) in [6.07, 6.45) is -0.870. The fraction of sp³-hybridized carbons (Fsp3) is 0.357. The third-order valence-corrected chi connectivity index (χ3v) is 2.94. The number of para-hydroxylation sites is 1. The molecule has 0 spiro atoms. The summed E-state index contributed by atoms with van der Waals surface area (Å²) in [6, 6.07) is 6.79. The molecule has 0 aliphatic heterocycles. The number of unbranched alkanes of at least 4 members (excludes halogenated alkanes) is 1. The van der Waals surface area contributed by atoms with Crippen LogP contribution in [0.4, 0.5) is 19.3 Å². The van der Waals surface area contributed by atoms with Crippen LogP contribution in [0.1, 0.15) is 26.2 Å². The molecular weight excluding hydrogens is 288 g/mol. The SMILES string of the molecule is CC(CCCCOC(=O)Nc1ccccc1Cl)=C(F)F. The van der Waals surface area contributed by atoms with Gasteiger partial charge in [0.05, 0.1) is 17.3 Å². The lowest BCUT2D eigenvalue weighted by Gasteiger charge is -2.08. The van der Waals surface area contributed by atoms with E-state index in [1.165, 1.54) is 6.92 Å². The molecular formula is C14H16ClF2NO2. The minimum absolute atomic E-state index is 0.0746. The summed E-state index contributed by atoms with van der Waals surface area (Å²) in [6.45, 7) is 1.57. The number of allylic oxidation sites excluding steroid dienone is 1. The summed E-state index contributed by atoms with van der Waals surface area (Å²) in [5.41, 5.74) is 0.544. The fourth-order valence-corrected chi connectivity index (χ4v) is 1.64. The molecule has 0 saturated carbocycles. The van der Waals surface area contributed by atoms with E-state index in [9.17, 15) is 13.6 Å². The highest BCUT2D eigenvalue weighted by molar-refractivity contribution is 6.33. The van der Waals surface area contributed by atoms with Gasteiger partial charge in [-0.05, 0) is 43.9 Å². The van der Waals surface area contributed by atoms with Crippen LogP contribution < -0.4 is 5.32 Å². The van der Waals surface area contributed by atoms with Crippen LogP contribution in [-0.2, 0) is 4.74 Å². The highest BCUT2D eigenvalue weighted by atomic mass is 35.5. The number of carbonyl (C=O) groups excluding carboxylic acids is 1. The Kier molecular flexibility index (Phi) is 7.01. The molecule has 0 unspecified atom stereocenters. The molecule has 0 bridgehead atoms. The average molecular weight is 304 g/mol. The summed E-state index contributed by atoms with van der Waals surface area (Å²) in [5.74, 6) is 0. The first-order chi connectivity index (χ1) is 9.50. The summed E-state index contributed by atoms with van der Waals surface area (Å²) >= 11 is 5.87. The molecule has 110 valence electrons. The molecule has 1 aromatic carbocycles. The predicted molar refractivity (Wildman–Crippen MR) is 75.2 cm³/mol. The smallest absolute Gasteiger partial charge is 0.411 e. The van der Waals surface area contributed by atoms with Gasteiger partial charge in [-0.15, -0.1) is 0 Å². The highest BCUT2D eigenvalue weighted by Gasteiger charge is 2.06. The number of hydrogen-bond donors (Lipinski definition) is 1. The number of anilines is 1. The van der Waals surface area contributed by atoms with Gasteiger partial charge in [0.2, 0.25) is 0 Å². The number of benzene rings is 1. The number of halogens is 3. The summed E-state index contributed by atoms with van der Waals surface area (Å²) in [5, 5.41) is 2.93. The predicted octanol–water partition coefficient (Wildman–Crippen LogP) is 5.23. The molecule has 1 rings (SSSR count). The number of hydrogen-bond acceptors (Lipinski definition) is 2. The number of rotatable bonds is 6. The zero-order valence-corrected chi connectivity index (χ0v) is 11.8. The second-order valence-electron chi connectivity index (χ2n) is 4.24. The Balaban J connectivity index is 2.21. The van der Waals surface area contributed by atoms with Crippen molar-refractivity contribution >= 4 is 23.4 Å². The maximum Gasteiger partial charge on any atom is 0.411 e. The van der Waals surface area contributed by atoms with E-state index in [0.717, 1.165) is 0 Å². The van der Waals surface area contributed by atoms with Gasteiger partial charge in [0.1, 0.15) is 0 Å². The molecule has 0 aliphatic carbocycles. The lowest BCUT2D eigenvalue weighted by Crippen LogP contribution is -2.14. The van der Waals surface area contributed by atoms with E-state index >= 15 is 0 Å². The van der Waals surface area contributed by atoms with E-state index in [2.05, 4.69) is 5.32 Å². The van der Waals surface area contributed by atoms with Gasteiger partial charge >= 0.3 is 6.09 Å². The minimum atomic E-state index is -1.64. The van der Waals surface area contributed by atoms with E-state index in [4.69, 9.17) is 16.3 Å². The summed E-state index contributed by atoms with van der Waals surface area (Å²) in [4.78, 5) is 11.4. The van der Waals surface area contributed by atoms with Crippen LogP contribution >= 0.6 is 11.6 Å². The second kappa shape index (κ2) is 8.53. The van der Waals surface area contributed by atoms with Crippen LogP contribution in [0.25, 0.3) is 0 Å². The molecule has 0 saturated heterocycles. The largest absolute Gasteiger partial charge is 0.449 e. The average Bonchev–Trinajstić information content (AvgIpc) is 2.40. The first-order valence-electron chi connectivity index (χ1n) is 6.19. The molecule has 0 atom stereocenters. The monoisotopic (exact) mass is 303 g/mol. The van der Waals surface area contributed by atoms with Gasteiger partial charge in [-0.2, -0.15) is 8.78 Å². The van der Waals surface area contributed by atoms with Gasteiger partial charge in [-0.1, -0.05) is 23.7 Å². The Morgan fingerprint density at radius 3 is 2.65 bits per heavy atom. The molecule has 20 heavy (non-hydrogen) atoms. The summed E-state index contributed by atoms with van der Waals surface area (Å²) < 4.78 is 29.2. The highest BCUT2D eigenvalue weighted by Crippen LogP contribution is 2.20. The van der Waals surface area contributed by atoms with Gasteiger partial charge in [-0.3, -0.25) is 5.32 Å². The van der Waals surface area contributed by atoms with E-state index < -0.39 is 12.2 Å². The molecule has 0 aromatic heterocycles. The van der Waals surface area contributed by atoms with Crippen LogP contribution in [0, 0.1) is 0 Å². The molecule has 1 amide bonds. The Hall–Kier alpha value is -1.62. The van der Waals surface area contributed by atoms with E-state index in [0.29, 0.717) is 30.0 Å². The maximum atomic E-state index is 12.1. The Bertz CT molecular complexity index is 488. The molecule has 1 N–H and O–H groups in total. The van der Waals surface area contributed by atoms with Gasteiger partial charge < -0.3 is 4.74 Å². The zero-order chi connectivity index (χ0) is 15.0. The van der Waals surface area contributed by atoms with E-state index in [1.54, 1.807) is 24.3 Å². The third-order valence-electron chi connectivity index (χ3n) is 2.61. The molecule has 6 heteroatoms. The van der Waals surface area contributed by atoms with Gasteiger partial charge in [-0.25, -0.2) is 4.79 Å². The number of carbonyl (C=O) groups is 1. The Morgan fingerprint density at radius 2 is 2.00 bits per heavy atom. The van der Waals surface area contributed by atoms with Crippen molar-refractivity contribution in [2.75, 3.05) is 11.9 Å². The van der Waals surface area contributed by atoms with Gasteiger partial charge in [0.25, 0.3) is 6.08 Å². The zero-order valence-electron chi connectivity index (χ0n) is 11.1. The normalized spacial score (nSPS) is 10.0. The maximum absolute atomic E-state index is 12.1. The molecule has 0 radical (unpaired) electrons. The second-order valence-corrected chi connectivity index (χ2v) is 4.65. The molecule has 0 heterocycles. The standard InChI is InChI=1S/C14H16ClF2NO2/c1-10(13(16)17)6-4-5-9-20-14(19)18-12-8-3-2-7-11(12)15/h2-3,7-8H,4-6,9H2,1H3,(H,18,19). The van der Waals surface area contributed by atoms with Gasteiger partial charge in [0, 0.05) is 0 Å². The van der Waals surface area contributed by atoms with Crippen molar-refractivity contribution in [1.82, 2.24) is 0 Å². The van der Waals surface area contributed by atoms with Crippen molar-refractivity contribution in [3.63, 3.8) is 0 Å². The van der Waals surface area contributed by atoms with Crippen molar-refractivity contribution in [1.29, 1.82) is 0 Å². The number of nitrogens with one attached hydrogen (secondary N) is 1. The van der Waals surface area contributed by atoms with Crippen molar-refractivity contribution in [2.24, 2.45) is 0 Å². The van der Waals surface area contributed by atoms with Crippen LogP contribution in [0.2, 0.25) is 5.02 Å². The number of ether oxygens (including phenoxy) is 1. The lowest BCUT2D eigenvalue weighted by molar-refractivity contribution is 0.159. The molecule has 0 fully saturated rings. The first-order valence-corrected chi connectivity index (χ1v) is 6.57. The van der Waals surface area contributed by atoms with E-state index in [1.807, 2.05) is 0 Å². The Morgan fingerprint density at radius 1 is 1.30 bits per heavy atom.